The molecule has 1 aliphatic rings. The number of hydrogen-bond acceptors (Lipinski definition) is 10. The third-order valence-corrected chi connectivity index (χ3v) is 9.92. The minimum Gasteiger partial charge on any atom is -0.619 e. The molecule has 2 aromatic carbocycles. The number of halogens is 4. The number of sulfonamides is 1. The first-order valence-corrected chi connectivity index (χ1v) is 18.3. The Balaban J connectivity index is 1.29. The number of alkyl halides is 2. The Morgan fingerprint density at radius 3 is 2.54 bits per heavy atom. The molecular weight excluding hydrogens is 749 g/mol. The molecule has 1 atom stereocenters. The summed E-state index contributed by atoms with van der Waals surface area (Å²) >= 11 is 12.7. The minimum atomic E-state index is -3.78. The standard InChI is InChI=1S/C34H30Cl2F2N4O9S/c1-52(46,47)42(15-21-3-2-10-39-14-21)23-7-8-27-30(12-23)51-34(44)41(27)18-32(43)49-29(13-24-25(35)16-40(45)17-26(24)36)22-6-9-28(50-33(37)38)31(11-22)48-19-20-4-5-20/h2-3,6-12,14,16-17,20,29,33H,4-5,13,15,18-19H2,1H3. The monoisotopic (exact) mass is 778 g/mol. The van der Waals surface area contributed by atoms with Gasteiger partial charge in [0.1, 0.15) is 22.7 Å². The van der Waals surface area contributed by atoms with Crippen LogP contribution in [0, 0.1) is 11.1 Å². The third-order valence-electron chi connectivity index (χ3n) is 8.12. The Morgan fingerprint density at radius 1 is 1.13 bits per heavy atom. The summed E-state index contributed by atoms with van der Waals surface area (Å²) in [7, 11) is -3.78. The molecule has 274 valence electrons. The van der Waals surface area contributed by atoms with Crippen LogP contribution in [0.3, 0.4) is 0 Å². The molecule has 3 heterocycles. The topological polar surface area (TPSA) is 157 Å². The molecule has 0 aliphatic heterocycles. The van der Waals surface area contributed by atoms with Gasteiger partial charge >= 0.3 is 18.3 Å². The number of anilines is 1. The summed E-state index contributed by atoms with van der Waals surface area (Å²) in [6.45, 7) is -3.54. The van der Waals surface area contributed by atoms with Crippen LogP contribution in [0.4, 0.5) is 14.5 Å². The van der Waals surface area contributed by atoms with Crippen molar-refractivity contribution in [2.75, 3.05) is 17.2 Å². The van der Waals surface area contributed by atoms with Crippen LogP contribution in [0.15, 0.2) is 82.5 Å². The number of pyridine rings is 2. The molecule has 1 aliphatic carbocycles. The van der Waals surface area contributed by atoms with Crippen molar-refractivity contribution in [1.82, 2.24) is 9.55 Å². The Bertz CT molecular complexity index is 2250. The van der Waals surface area contributed by atoms with Crippen LogP contribution in [0.1, 0.15) is 35.6 Å². The van der Waals surface area contributed by atoms with Crippen molar-refractivity contribution in [2.45, 2.75) is 45.1 Å². The summed E-state index contributed by atoms with van der Waals surface area (Å²) in [5.74, 6) is -1.79. The molecule has 1 unspecified atom stereocenters. The predicted molar refractivity (Wildman–Crippen MR) is 185 cm³/mol. The molecule has 5 aromatic rings. The molecule has 0 amide bonds. The fourth-order valence-electron chi connectivity index (χ4n) is 5.40. The van der Waals surface area contributed by atoms with Crippen molar-refractivity contribution in [3.05, 3.63) is 116 Å². The summed E-state index contributed by atoms with van der Waals surface area (Å²) in [5, 5.41) is 11.9. The average Bonchev–Trinajstić information content (AvgIpc) is 3.86. The molecule has 0 radical (unpaired) electrons. The van der Waals surface area contributed by atoms with E-state index in [2.05, 4.69) is 9.72 Å². The van der Waals surface area contributed by atoms with Gasteiger partial charge in [0, 0.05) is 30.4 Å². The zero-order valence-corrected chi connectivity index (χ0v) is 29.6. The number of esters is 1. The average molecular weight is 780 g/mol. The molecule has 0 saturated heterocycles. The third kappa shape index (κ3) is 8.92. The maximum Gasteiger partial charge on any atom is 0.420 e. The zero-order chi connectivity index (χ0) is 37.2. The molecule has 1 fully saturated rings. The van der Waals surface area contributed by atoms with Crippen molar-refractivity contribution >= 4 is 56.0 Å². The van der Waals surface area contributed by atoms with Gasteiger partial charge < -0.3 is 23.8 Å². The minimum absolute atomic E-state index is 0.00655. The van der Waals surface area contributed by atoms with E-state index in [-0.39, 0.29) is 74.9 Å². The van der Waals surface area contributed by atoms with E-state index in [1.54, 1.807) is 18.3 Å². The highest BCUT2D eigenvalue weighted by atomic mass is 35.5. The first-order valence-electron chi connectivity index (χ1n) is 15.7. The molecule has 6 rings (SSSR count). The maximum absolute atomic E-state index is 13.5. The summed E-state index contributed by atoms with van der Waals surface area (Å²) in [6.07, 6.45) is 6.78. The quantitative estimate of drug-likeness (QED) is 0.0722. The fraction of sp³-hybridized carbons (Fsp3) is 0.294. The first-order chi connectivity index (χ1) is 24.7. The largest absolute Gasteiger partial charge is 0.619 e. The molecule has 1 saturated carbocycles. The maximum atomic E-state index is 13.5. The molecular formula is C34H30Cl2F2N4O9S. The lowest BCUT2D eigenvalue weighted by atomic mass is 10.0. The Hall–Kier alpha value is -4.93. The van der Waals surface area contributed by atoms with Gasteiger partial charge in [-0.2, -0.15) is 13.5 Å². The second-order valence-corrected chi connectivity index (χ2v) is 14.8. The van der Waals surface area contributed by atoms with Gasteiger partial charge in [-0.3, -0.25) is 18.7 Å². The van der Waals surface area contributed by atoms with E-state index < -0.39 is 41.0 Å². The summed E-state index contributed by atoms with van der Waals surface area (Å²) < 4.78 is 76.1. The Labute approximate surface area is 305 Å². The smallest absolute Gasteiger partial charge is 0.420 e. The van der Waals surface area contributed by atoms with E-state index in [1.807, 2.05) is 0 Å². The van der Waals surface area contributed by atoms with Crippen LogP contribution in [0.5, 0.6) is 11.5 Å². The van der Waals surface area contributed by atoms with Crippen LogP contribution in [0.25, 0.3) is 11.1 Å². The highest BCUT2D eigenvalue weighted by Gasteiger charge is 2.27. The number of rotatable bonds is 15. The number of carbonyl (C=O) groups excluding carboxylic acids is 1. The number of fused-ring (bicyclic) bond motifs is 1. The van der Waals surface area contributed by atoms with Crippen LogP contribution < -0.4 is 24.3 Å². The Kier molecular flexibility index (Phi) is 10.9. The van der Waals surface area contributed by atoms with Crippen molar-refractivity contribution in [1.29, 1.82) is 0 Å². The van der Waals surface area contributed by atoms with Crippen LogP contribution in [-0.4, -0.2) is 43.4 Å². The van der Waals surface area contributed by atoms with Crippen molar-refractivity contribution < 1.29 is 45.4 Å². The molecule has 3 aromatic heterocycles. The molecule has 0 N–H and O–H groups in total. The SMILES string of the molecule is CS(=O)(=O)N(Cc1cccnc1)c1ccc2c(c1)oc(=O)n2CC(=O)OC(Cc1c(Cl)c[n+]([O-])cc1Cl)c1ccc(OC(F)F)c(OCC2CC2)c1. The lowest BCUT2D eigenvalue weighted by Gasteiger charge is -2.22. The van der Waals surface area contributed by atoms with E-state index in [1.165, 1.54) is 42.6 Å². The lowest BCUT2D eigenvalue weighted by molar-refractivity contribution is -0.605. The number of nitrogens with zero attached hydrogens (tertiary/aromatic N) is 4. The van der Waals surface area contributed by atoms with E-state index >= 15 is 0 Å². The molecule has 13 nitrogen and oxygen atoms in total. The summed E-state index contributed by atoms with van der Waals surface area (Å²) in [4.78, 5) is 30.6. The van der Waals surface area contributed by atoms with Gasteiger partial charge in [0.25, 0.3) is 0 Å². The molecule has 18 heteroatoms. The number of aromatic nitrogens is 3. The van der Waals surface area contributed by atoms with Gasteiger partial charge in [-0.15, -0.1) is 0 Å². The van der Waals surface area contributed by atoms with Crippen molar-refractivity contribution in [3.8, 4) is 11.5 Å². The van der Waals surface area contributed by atoms with Crippen molar-refractivity contribution in [2.24, 2.45) is 5.92 Å². The number of carbonyl (C=O) groups is 1. The second-order valence-electron chi connectivity index (χ2n) is 12.1. The zero-order valence-electron chi connectivity index (χ0n) is 27.3. The number of ether oxygens (including phenoxy) is 3. The first kappa shape index (κ1) is 36.8. The molecule has 0 bridgehead atoms. The lowest BCUT2D eigenvalue weighted by Crippen LogP contribution is -2.29. The van der Waals surface area contributed by atoms with Crippen LogP contribution in [-0.2, 0) is 39.1 Å². The fourth-order valence-corrected chi connectivity index (χ4v) is 6.88. The van der Waals surface area contributed by atoms with Gasteiger partial charge in [-0.1, -0.05) is 35.3 Å². The predicted octanol–water partition coefficient (Wildman–Crippen LogP) is 5.81. The number of benzene rings is 2. The van der Waals surface area contributed by atoms with E-state index in [9.17, 15) is 32.0 Å². The van der Waals surface area contributed by atoms with E-state index in [4.69, 9.17) is 37.1 Å². The van der Waals surface area contributed by atoms with Crippen LogP contribution >= 0.6 is 23.2 Å². The Morgan fingerprint density at radius 2 is 1.88 bits per heavy atom. The normalized spacial score (nSPS) is 13.7. The molecule has 52 heavy (non-hydrogen) atoms. The van der Waals surface area contributed by atoms with E-state index in [0.29, 0.717) is 10.3 Å². The van der Waals surface area contributed by atoms with Crippen LogP contribution in [0.2, 0.25) is 10.0 Å². The summed E-state index contributed by atoms with van der Waals surface area (Å²) in [6, 6.07) is 11.7. The molecule has 0 spiro atoms. The highest BCUT2D eigenvalue weighted by molar-refractivity contribution is 7.92. The van der Waals surface area contributed by atoms with Gasteiger partial charge in [0.05, 0.1) is 30.6 Å². The number of oxazole rings is 1. The summed E-state index contributed by atoms with van der Waals surface area (Å²) in [5.41, 5.74) is 1.55. The van der Waals surface area contributed by atoms with Gasteiger partial charge in [-0.25, -0.2) is 13.2 Å². The number of hydrogen-bond donors (Lipinski definition) is 0. The van der Waals surface area contributed by atoms with Gasteiger partial charge in [0.2, 0.25) is 10.0 Å². The second kappa shape index (κ2) is 15.4. The highest BCUT2D eigenvalue weighted by Crippen LogP contribution is 2.38. The van der Waals surface area contributed by atoms with Crippen molar-refractivity contribution in [3.63, 3.8) is 0 Å². The van der Waals surface area contributed by atoms with Gasteiger partial charge in [-0.05, 0) is 60.2 Å². The van der Waals surface area contributed by atoms with Gasteiger partial charge in [0.15, 0.2) is 29.5 Å². The van der Waals surface area contributed by atoms with E-state index in [0.717, 1.165) is 40.4 Å².